The van der Waals surface area contributed by atoms with E-state index >= 15 is 0 Å². The third kappa shape index (κ3) is 5.93. The van der Waals surface area contributed by atoms with Gasteiger partial charge in [-0.25, -0.2) is 4.79 Å². The zero-order valence-electron chi connectivity index (χ0n) is 14.5. The van der Waals surface area contributed by atoms with Crippen molar-refractivity contribution >= 4 is 23.3 Å². The highest BCUT2D eigenvalue weighted by Gasteiger charge is 2.06. The van der Waals surface area contributed by atoms with Crippen molar-refractivity contribution in [3.8, 4) is 5.75 Å². The van der Waals surface area contributed by atoms with E-state index in [1.54, 1.807) is 54.8 Å². The number of benzene rings is 2. The van der Waals surface area contributed by atoms with Crippen LogP contribution in [0.2, 0.25) is 0 Å². The summed E-state index contributed by atoms with van der Waals surface area (Å²) >= 11 is 0. The van der Waals surface area contributed by atoms with Gasteiger partial charge in [0.2, 0.25) is 0 Å². The maximum Gasteiger partial charge on any atom is 0.319 e. The van der Waals surface area contributed by atoms with Crippen LogP contribution in [0.4, 0.5) is 16.2 Å². The summed E-state index contributed by atoms with van der Waals surface area (Å²) in [6.45, 7) is 0.216. The van der Waals surface area contributed by atoms with Crippen LogP contribution in [0.3, 0.4) is 0 Å². The number of anilines is 2. The lowest BCUT2D eigenvalue weighted by molar-refractivity contribution is -0.118. The summed E-state index contributed by atoms with van der Waals surface area (Å²) < 4.78 is 10.5. The second-order valence-electron chi connectivity index (χ2n) is 5.61. The van der Waals surface area contributed by atoms with Gasteiger partial charge in [-0.15, -0.1) is 0 Å². The third-order valence-corrected chi connectivity index (χ3v) is 3.54. The summed E-state index contributed by atoms with van der Waals surface area (Å²) in [6, 6.07) is 19.1. The Labute approximate surface area is 156 Å². The van der Waals surface area contributed by atoms with Gasteiger partial charge >= 0.3 is 6.03 Å². The SMILES string of the molecule is O=C(COc1ccccc1)Nc1ccc(NC(=O)NCc2ccco2)cc1. The molecule has 0 fully saturated rings. The summed E-state index contributed by atoms with van der Waals surface area (Å²) in [4.78, 5) is 23.8. The molecule has 0 saturated carbocycles. The van der Waals surface area contributed by atoms with E-state index in [2.05, 4.69) is 16.0 Å². The lowest BCUT2D eigenvalue weighted by atomic mass is 10.3. The van der Waals surface area contributed by atoms with Crippen LogP contribution in [0, 0.1) is 0 Å². The molecule has 0 bridgehead atoms. The fourth-order valence-corrected chi connectivity index (χ4v) is 2.26. The molecule has 0 saturated heterocycles. The summed E-state index contributed by atoms with van der Waals surface area (Å²) in [7, 11) is 0. The largest absolute Gasteiger partial charge is 0.484 e. The molecule has 1 aromatic heterocycles. The monoisotopic (exact) mass is 365 g/mol. The second-order valence-corrected chi connectivity index (χ2v) is 5.61. The van der Waals surface area contributed by atoms with E-state index in [9.17, 15) is 9.59 Å². The highest BCUT2D eigenvalue weighted by Crippen LogP contribution is 2.14. The number of para-hydroxylation sites is 1. The molecule has 7 heteroatoms. The van der Waals surface area contributed by atoms with Crippen molar-refractivity contribution < 1.29 is 18.7 Å². The Hall–Kier alpha value is -3.74. The van der Waals surface area contributed by atoms with E-state index in [0.29, 0.717) is 29.4 Å². The lowest BCUT2D eigenvalue weighted by Gasteiger charge is -2.09. The summed E-state index contributed by atoms with van der Waals surface area (Å²) in [6.07, 6.45) is 1.55. The first-order chi connectivity index (χ1) is 13.2. The molecular weight excluding hydrogens is 346 g/mol. The topological polar surface area (TPSA) is 92.6 Å². The molecule has 7 nitrogen and oxygen atoms in total. The van der Waals surface area contributed by atoms with Crippen molar-refractivity contribution in [2.24, 2.45) is 0 Å². The van der Waals surface area contributed by atoms with Gasteiger partial charge in [0.1, 0.15) is 11.5 Å². The van der Waals surface area contributed by atoms with E-state index in [-0.39, 0.29) is 18.5 Å². The van der Waals surface area contributed by atoms with Gasteiger partial charge in [0.05, 0.1) is 12.8 Å². The molecule has 3 rings (SSSR count). The molecule has 0 atom stereocenters. The predicted molar refractivity (Wildman–Crippen MR) is 102 cm³/mol. The average Bonchev–Trinajstić information content (AvgIpc) is 3.21. The minimum atomic E-state index is -0.348. The fraction of sp³-hybridized carbons (Fsp3) is 0.100. The summed E-state index contributed by atoms with van der Waals surface area (Å²) in [5.74, 6) is 1.03. The van der Waals surface area contributed by atoms with Gasteiger partial charge < -0.3 is 25.1 Å². The summed E-state index contributed by atoms with van der Waals surface area (Å²) in [5.41, 5.74) is 1.21. The molecule has 0 aliphatic rings. The van der Waals surface area contributed by atoms with Crippen molar-refractivity contribution in [2.75, 3.05) is 17.2 Å². The molecule has 3 amide bonds. The molecule has 27 heavy (non-hydrogen) atoms. The first-order valence-electron chi connectivity index (χ1n) is 8.34. The quantitative estimate of drug-likeness (QED) is 0.596. The number of rotatable bonds is 7. The number of carbonyl (C=O) groups excluding carboxylic acids is 2. The zero-order valence-corrected chi connectivity index (χ0v) is 14.5. The van der Waals surface area contributed by atoms with Crippen molar-refractivity contribution in [3.05, 3.63) is 78.8 Å². The second kappa shape index (κ2) is 9.10. The molecular formula is C20H19N3O4. The smallest absolute Gasteiger partial charge is 0.319 e. The predicted octanol–water partition coefficient (Wildman–Crippen LogP) is 3.62. The minimum Gasteiger partial charge on any atom is -0.484 e. The fourth-order valence-electron chi connectivity index (χ4n) is 2.26. The van der Waals surface area contributed by atoms with Crippen LogP contribution in [0.25, 0.3) is 0 Å². The maximum atomic E-state index is 11.9. The molecule has 0 spiro atoms. The van der Waals surface area contributed by atoms with Crippen molar-refractivity contribution in [3.63, 3.8) is 0 Å². The highest BCUT2D eigenvalue weighted by molar-refractivity contribution is 5.93. The van der Waals surface area contributed by atoms with Gasteiger partial charge in [-0.1, -0.05) is 18.2 Å². The number of urea groups is 1. The van der Waals surface area contributed by atoms with Crippen LogP contribution < -0.4 is 20.7 Å². The van der Waals surface area contributed by atoms with E-state index in [1.165, 1.54) is 0 Å². The standard InChI is InChI=1S/C20H19N3O4/c24-19(14-27-17-5-2-1-3-6-17)22-15-8-10-16(11-9-15)23-20(25)21-13-18-7-4-12-26-18/h1-12H,13-14H2,(H,22,24)(H2,21,23,25). The lowest BCUT2D eigenvalue weighted by Crippen LogP contribution is -2.28. The molecule has 138 valence electrons. The zero-order chi connectivity index (χ0) is 18.9. The highest BCUT2D eigenvalue weighted by atomic mass is 16.5. The Balaban J connectivity index is 1.42. The number of furan rings is 1. The van der Waals surface area contributed by atoms with Crippen LogP contribution in [0.5, 0.6) is 5.75 Å². The first kappa shape index (κ1) is 18.1. The van der Waals surface area contributed by atoms with Crippen LogP contribution in [0.1, 0.15) is 5.76 Å². The van der Waals surface area contributed by atoms with Crippen LogP contribution in [-0.4, -0.2) is 18.5 Å². The minimum absolute atomic E-state index is 0.0841. The number of ether oxygens (including phenoxy) is 1. The van der Waals surface area contributed by atoms with E-state index in [1.807, 2.05) is 18.2 Å². The Bertz CT molecular complexity index is 862. The van der Waals surface area contributed by atoms with Crippen LogP contribution in [-0.2, 0) is 11.3 Å². The van der Waals surface area contributed by atoms with E-state index in [4.69, 9.17) is 9.15 Å². The molecule has 3 N–H and O–H groups in total. The van der Waals surface area contributed by atoms with Gasteiger partial charge in [0.15, 0.2) is 6.61 Å². The van der Waals surface area contributed by atoms with Crippen LogP contribution in [0.15, 0.2) is 77.4 Å². The Morgan fingerprint density at radius 1 is 0.852 bits per heavy atom. The number of amides is 3. The molecule has 0 aliphatic carbocycles. The molecule has 1 heterocycles. The third-order valence-electron chi connectivity index (χ3n) is 3.54. The van der Waals surface area contributed by atoms with Crippen molar-refractivity contribution in [1.29, 1.82) is 0 Å². The number of carbonyl (C=O) groups is 2. The van der Waals surface area contributed by atoms with Gasteiger partial charge in [-0.3, -0.25) is 4.79 Å². The summed E-state index contributed by atoms with van der Waals surface area (Å²) in [5, 5.41) is 8.12. The van der Waals surface area contributed by atoms with Gasteiger partial charge in [0, 0.05) is 11.4 Å². The number of hydrogen-bond donors (Lipinski definition) is 3. The van der Waals surface area contributed by atoms with Gasteiger partial charge in [0.25, 0.3) is 5.91 Å². The molecule has 2 aromatic carbocycles. The van der Waals surface area contributed by atoms with Gasteiger partial charge in [-0.2, -0.15) is 0 Å². The molecule has 0 unspecified atom stereocenters. The Morgan fingerprint density at radius 3 is 2.22 bits per heavy atom. The number of hydrogen-bond acceptors (Lipinski definition) is 4. The van der Waals surface area contributed by atoms with Crippen molar-refractivity contribution in [2.45, 2.75) is 6.54 Å². The Kier molecular flexibility index (Phi) is 6.08. The van der Waals surface area contributed by atoms with Gasteiger partial charge in [-0.05, 0) is 48.5 Å². The number of nitrogens with one attached hydrogen (secondary N) is 3. The first-order valence-corrected chi connectivity index (χ1v) is 8.34. The maximum absolute atomic E-state index is 11.9. The van der Waals surface area contributed by atoms with Crippen molar-refractivity contribution in [1.82, 2.24) is 5.32 Å². The van der Waals surface area contributed by atoms with E-state index < -0.39 is 0 Å². The molecule has 3 aromatic rings. The normalized spacial score (nSPS) is 10.1. The molecule has 0 radical (unpaired) electrons. The van der Waals surface area contributed by atoms with E-state index in [0.717, 1.165) is 0 Å². The molecule has 0 aliphatic heterocycles. The Morgan fingerprint density at radius 2 is 1.56 bits per heavy atom. The van der Waals surface area contributed by atoms with Crippen LogP contribution >= 0.6 is 0 Å². The average molecular weight is 365 g/mol.